The van der Waals surface area contributed by atoms with Crippen molar-refractivity contribution in [3.63, 3.8) is 0 Å². The zero-order valence-electron chi connectivity index (χ0n) is 13.5. The Morgan fingerprint density at radius 2 is 2.00 bits per heavy atom. The minimum Gasteiger partial charge on any atom is -0.347 e. The van der Waals surface area contributed by atoms with E-state index in [1.807, 2.05) is 31.2 Å². The first-order valence-corrected chi connectivity index (χ1v) is 10.2. The van der Waals surface area contributed by atoms with Crippen molar-refractivity contribution >= 4 is 27.3 Å². The largest absolute Gasteiger partial charge is 0.347 e. The molecule has 128 valence electrons. The molecule has 0 bridgehead atoms. The summed E-state index contributed by atoms with van der Waals surface area (Å²) in [5, 5.41) is 4.48. The molecule has 0 aliphatic carbocycles. The summed E-state index contributed by atoms with van der Waals surface area (Å²) < 4.78 is 26.8. The summed E-state index contributed by atoms with van der Waals surface area (Å²) in [6.45, 7) is 3.43. The van der Waals surface area contributed by atoms with Crippen LogP contribution in [-0.2, 0) is 16.6 Å². The Hall–Kier alpha value is -1.70. The molecule has 0 unspecified atom stereocenters. The van der Waals surface area contributed by atoms with Crippen molar-refractivity contribution in [1.82, 2.24) is 9.62 Å². The van der Waals surface area contributed by atoms with E-state index in [-0.39, 0.29) is 15.7 Å². The summed E-state index contributed by atoms with van der Waals surface area (Å²) in [4.78, 5) is 12.8. The molecule has 2 heterocycles. The number of rotatable bonds is 5. The fourth-order valence-corrected chi connectivity index (χ4v) is 5.65. The molecule has 0 spiro atoms. The van der Waals surface area contributed by atoms with Crippen LogP contribution in [0, 0.1) is 6.92 Å². The molecule has 0 atom stereocenters. The Morgan fingerprint density at radius 1 is 1.25 bits per heavy atom. The number of thiophene rings is 1. The zero-order valence-corrected chi connectivity index (χ0v) is 15.1. The standard InChI is InChI=1S/C17H20N2O3S2/c1-13-5-4-6-14(11-13)12-18-17(20)16-15(7-10-23-16)24(21,22)19-8-2-3-9-19/h4-7,10-11H,2-3,8-9,12H2,1H3,(H,18,20). The van der Waals surface area contributed by atoms with Gasteiger partial charge in [0.15, 0.2) is 0 Å². The van der Waals surface area contributed by atoms with Gasteiger partial charge in [-0.25, -0.2) is 8.42 Å². The number of nitrogens with zero attached hydrogens (tertiary/aromatic N) is 1. The van der Waals surface area contributed by atoms with E-state index in [4.69, 9.17) is 0 Å². The summed E-state index contributed by atoms with van der Waals surface area (Å²) >= 11 is 1.16. The van der Waals surface area contributed by atoms with E-state index >= 15 is 0 Å². The number of amides is 1. The molecular weight excluding hydrogens is 344 g/mol. The van der Waals surface area contributed by atoms with Crippen molar-refractivity contribution in [1.29, 1.82) is 0 Å². The maximum Gasteiger partial charge on any atom is 0.263 e. The van der Waals surface area contributed by atoms with Gasteiger partial charge in [-0.2, -0.15) is 4.31 Å². The quantitative estimate of drug-likeness (QED) is 0.887. The van der Waals surface area contributed by atoms with Gasteiger partial charge in [0, 0.05) is 19.6 Å². The molecule has 2 aromatic rings. The van der Waals surface area contributed by atoms with Gasteiger partial charge in [0.2, 0.25) is 10.0 Å². The first kappa shape index (κ1) is 17.1. The predicted molar refractivity (Wildman–Crippen MR) is 94.7 cm³/mol. The minimum absolute atomic E-state index is 0.121. The second-order valence-corrected chi connectivity index (χ2v) is 8.72. The number of carbonyl (C=O) groups excluding carboxylic acids is 1. The molecule has 1 saturated heterocycles. The zero-order chi connectivity index (χ0) is 17.2. The molecule has 3 rings (SSSR count). The number of hydrogen-bond donors (Lipinski definition) is 1. The van der Waals surface area contributed by atoms with Crippen LogP contribution >= 0.6 is 11.3 Å². The van der Waals surface area contributed by atoms with Gasteiger partial charge in [-0.15, -0.1) is 11.3 Å². The van der Waals surface area contributed by atoms with Crippen LogP contribution in [0.2, 0.25) is 0 Å². The Labute approximate surface area is 146 Å². The van der Waals surface area contributed by atoms with E-state index in [1.54, 1.807) is 5.38 Å². The van der Waals surface area contributed by atoms with Crippen LogP contribution in [-0.4, -0.2) is 31.7 Å². The average molecular weight is 364 g/mol. The van der Waals surface area contributed by atoms with Crippen LogP contribution in [0.3, 0.4) is 0 Å². The smallest absolute Gasteiger partial charge is 0.263 e. The number of aryl methyl sites for hydroxylation is 1. The fourth-order valence-electron chi connectivity index (χ4n) is 2.82. The lowest BCUT2D eigenvalue weighted by Gasteiger charge is -2.15. The number of sulfonamides is 1. The van der Waals surface area contributed by atoms with Gasteiger partial charge in [0.25, 0.3) is 5.91 Å². The Kier molecular flexibility index (Phi) is 5.03. The molecule has 7 heteroatoms. The third kappa shape index (κ3) is 3.53. The molecule has 1 aromatic heterocycles. The van der Waals surface area contributed by atoms with Gasteiger partial charge in [-0.1, -0.05) is 29.8 Å². The van der Waals surface area contributed by atoms with Gasteiger partial charge in [-0.3, -0.25) is 4.79 Å². The number of nitrogens with one attached hydrogen (secondary N) is 1. The lowest BCUT2D eigenvalue weighted by atomic mass is 10.1. The SMILES string of the molecule is Cc1cccc(CNC(=O)c2sccc2S(=O)(=O)N2CCCC2)c1. The highest BCUT2D eigenvalue weighted by molar-refractivity contribution is 7.89. The van der Waals surface area contributed by atoms with Crippen LogP contribution < -0.4 is 5.32 Å². The molecule has 1 aliphatic rings. The molecule has 24 heavy (non-hydrogen) atoms. The van der Waals surface area contributed by atoms with Gasteiger partial charge < -0.3 is 5.32 Å². The summed E-state index contributed by atoms with van der Waals surface area (Å²) in [5.41, 5.74) is 2.11. The fraction of sp³-hybridized carbons (Fsp3) is 0.353. The number of carbonyl (C=O) groups is 1. The second kappa shape index (κ2) is 7.04. The monoisotopic (exact) mass is 364 g/mol. The summed E-state index contributed by atoms with van der Waals surface area (Å²) in [6.07, 6.45) is 1.75. The maximum absolute atomic E-state index is 12.7. The predicted octanol–water partition coefficient (Wildman–Crippen LogP) is 2.77. The van der Waals surface area contributed by atoms with Gasteiger partial charge in [-0.05, 0) is 36.8 Å². The first-order valence-electron chi connectivity index (χ1n) is 7.90. The van der Waals surface area contributed by atoms with Crippen molar-refractivity contribution in [3.8, 4) is 0 Å². The lowest BCUT2D eigenvalue weighted by Crippen LogP contribution is -2.30. The molecule has 5 nitrogen and oxygen atoms in total. The highest BCUT2D eigenvalue weighted by Gasteiger charge is 2.31. The van der Waals surface area contributed by atoms with Crippen molar-refractivity contribution in [3.05, 3.63) is 51.7 Å². The number of benzene rings is 1. The van der Waals surface area contributed by atoms with Crippen molar-refractivity contribution < 1.29 is 13.2 Å². The first-order chi connectivity index (χ1) is 11.5. The van der Waals surface area contributed by atoms with Crippen LogP contribution in [0.15, 0.2) is 40.6 Å². The lowest BCUT2D eigenvalue weighted by molar-refractivity contribution is 0.0952. The summed E-state index contributed by atoms with van der Waals surface area (Å²) in [6, 6.07) is 9.39. The normalized spacial score (nSPS) is 15.5. The van der Waals surface area contributed by atoms with Crippen LogP contribution in [0.25, 0.3) is 0 Å². The van der Waals surface area contributed by atoms with E-state index in [0.717, 1.165) is 35.3 Å². The minimum atomic E-state index is -3.58. The van der Waals surface area contributed by atoms with Gasteiger partial charge >= 0.3 is 0 Å². The molecule has 0 radical (unpaired) electrons. The number of hydrogen-bond acceptors (Lipinski definition) is 4. The van der Waals surface area contributed by atoms with E-state index in [2.05, 4.69) is 5.32 Å². The Morgan fingerprint density at radius 3 is 2.71 bits per heavy atom. The van der Waals surface area contributed by atoms with E-state index < -0.39 is 10.0 Å². The molecule has 1 aromatic carbocycles. The van der Waals surface area contributed by atoms with Crippen LogP contribution in [0.1, 0.15) is 33.6 Å². The van der Waals surface area contributed by atoms with Crippen molar-refractivity contribution in [2.24, 2.45) is 0 Å². The Balaban J connectivity index is 1.76. The van der Waals surface area contributed by atoms with E-state index in [0.29, 0.717) is 19.6 Å². The molecule has 1 N–H and O–H groups in total. The maximum atomic E-state index is 12.7. The van der Waals surface area contributed by atoms with Gasteiger partial charge in [0.1, 0.15) is 9.77 Å². The molecule has 1 amide bonds. The highest BCUT2D eigenvalue weighted by atomic mass is 32.2. The van der Waals surface area contributed by atoms with E-state index in [1.165, 1.54) is 10.4 Å². The highest BCUT2D eigenvalue weighted by Crippen LogP contribution is 2.27. The van der Waals surface area contributed by atoms with E-state index in [9.17, 15) is 13.2 Å². The molecule has 1 fully saturated rings. The van der Waals surface area contributed by atoms with Crippen LogP contribution in [0.5, 0.6) is 0 Å². The average Bonchev–Trinajstić information content (AvgIpc) is 3.24. The third-order valence-electron chi connectivity index (χ3n) is 4.05. The van der Waals surface area contributed by atoms with Crippen LogP contribution in [0.4, 0.5) is 0 Å². The molecule has 0 saturated carbocycles. The second-order valence-electron chi connectivity index (χ2n) is 5.90. The van der Waals surface area contributed by atoms with Crippen molar-refractivity contribution in [2.75, 3.05) is 13.1 Å². The molecule has 1 aliphatic heterocycles. The Bertz CT molecular complexity index is 837. The molecular formula is C17H20N2O3S2. The third-order valence-corrected chi connectivity index (χ3v) is 7.04. The summed E-state index contributed by atoms with van der Waals surface area (Å²) in [7, 11) is -3.58. The topological polar surface area (TPSA) is 66.5 Å². The van der Waals surface area contributed by atoms with Gasteiger partial charge in [0.05, 0.1) is 0 Å². The van der Waals surface area contributed by atoms with Crippen molar-refractivity contribution in [2.45, 2.75) is 31.2 Å². The summed E-state index contributed by atoms with van der Waals surface area (Å²) in [5.74, 6) is -0.343.